The highest BCUT2D eigenvalue weighted by Crippen LogP contribution is 2.38. The molecule has 0 aliphatic carbocycles. The highest BCUT2D eigenvalue weighted by molar-refractivity contribution is 5.55. The summed E-state index contributed by atoms with van der Waals surface area (Å²) in [5, 5.41) is 3.55. The lowest BCUT2D eigenvalue weighted by Crippen LogP contribution is -2.29. The fourth-order valence-corrected chi connectivity index (χ4v) is 3.06. The molecule has 3 heteroatoms. The van der Waals surface area contributed by atoms with Crippen LogP contribution in [0.4, 0.5) is 10.1 Å². The van der Waals surface area contributed by atoms with Crippen molar-refractivity contribution >= 4 is 5.69 Å². The van der Waals surface area contributed by atoms with E-state index < -0.39 is 0 Å². The largest absolute Gasteiger partial charge is 0.378 e. The lowest BCUT2D eigenvalue weighted by atomic mass is 9.81. The summed E-state index contributed by atoms with van der Waals surface area (Å²) in [5.41, 5.74) is 9.10. The molecule has 0 fully saturated rings. The fourth-order valence-electron chi connectivity index (χ4n) is 3.06. The van der Waals surface area contributed by atoms with Crippen LogP contribution in [0, 0.1) is 11.7 Å². The minimum atomic E-state index is -0.171. The third-order valence-electron chi connectivity index (χ3n) is 4.03. The number of hydrogen-bond acceptors (Lipinski definition) is 2. The lowest BCUT2D eigenvalue weighted by molar-refractivity contribution is 0.412. The highest BCUT2D eigenvalue weighted by atomic mass is 19.1. The maximum absolute atomic E-state index is 13.4. The molecule has 104 valence electrons. The number of rotatable bonds is 3. The normalized spacial score (nSPS) is 21.1. The van der Waals surface area contributed by atoms with E-state index in [0.29, 0.717) is 12.5 Å². The summed E-state index contributed by atoms with van der Waals surface area (Å²) in [6.45, 7) is 0.653. The first kappa shape index (κ1) is 13.1. The molecule has 3 N–H and O–H groups in total. The Balaban J connectivity index is 1.95. The summed E-state index contributed by atoms with van der Waals surface area (Å²) in [6, 6.07) is 15.6. The van der Waals surface area contributed by atoms with Crippen LogP contribution in [0.25, 0.3) is 0 Å². The molecular weight excluding hydrogens is 251 g/mol. The molecule has 0 amide bonds. The van der Waals surface area contributed by atoms with Crippen LogP contribution >= 0.6 is 0 Å². The molecule has 0 saturated carbocycles. The SMILES string of the molecule is NCC[C@H]1Cc2cc(F)ccc2N[C@H]1c1ccccc1. The molecule has 3 rings (SSSR count). The van der Waals surface area contributed by atoms with Crippen molar-refractivity contribution in [3.05, 3.63) is 65.5 Å². The molecule has 1 aliphatic heterocycles. The average molecular weight is 270 g/mol. The predicted octanol–water partition coefficient (Wildman–Crippen LogP) is 3.50. The fraction of sp³-hybridized carbons (Fsp3) is 0.294. The lowest BCUT2D eigenvalue weighted by Gasteiger charge is -2.35. The van der Waals surface area contributed by atoms with Gasteiger partial charge in [0.15, 0.2) is 0 Å². The number of fused-ring (bicyclic) bond motifs is 1. The van der Waals surface area contributed by atoms with Crippen LogP contribution in [0.1, 0.15) is 23.6 Å². The molecule has 1 heterocycles. The van der Waals surface area contributed by atoms with Gasteiger partial charge in [-0.05, 0) is 54.6 Å². The van der Waals surface area contributed by atoms with Gasteiger partial charge in [0.05, 0.1) is 6.04 Å². The Bertz CT molecular complexity index is 583. The van der Waals surface area contributed by atoms with Gasteiger partial charge in [-0.25, -0.2) is 4.39 Å². The standard InChI is InChI=1S/C17H19FN2/c18-15-6-7-16-14(11-15)10-13(8-9-19)17(20-16)12-4-2-1-3-5-12/h1-7,11,13,17,20H,8-10,19H2/t13-,17-/m0/s1. The van der Waals surface area contributed by atoms with Crippen molar-refractivity contribution in [3.63, 3.8) is 0 Å². The van der Waals surface area contributed by atoms with E-state index in [1.165, 1.54) is 11.6 Å². The molecule has 0 bridgehead atoms. The van der Waals surface area contributed by atoms with E-state index in [1.54, 1.807) is 6.07 Å². The van der Waals surface area contributed by atoms with Gasteiger partial charge >= 0.3 is 0 Å². The second-order valence-electron chi connectivity index (χ2n) is 5.38. The van der Waals surface area contributed by atoms with Crippen LogP contribution in [0.2, 0.25) is 0 Å². The second-order valence-corrected chi connectivity index (χ2v) is 5.38. The first-order valence-electron chi connectivity index (χ1n) is 7.08. The monoisotopic (exact) mass is 270 g/mol. The van der Waals surface area contributed by atoms with Crippen molar-refractivity contribution < 1.29 is 4.39 Å². The third kappa shape index (κ3) is 2.54. The minimum Gasteiger partial charge on any atom is -0.378 e. The number of anilines is 1. The first-order chi connectivity index (χ1) is 9.78. The molecule has 2 aromatic rings. The Kier molecular flexibility index (Phi) is 3.70. The molecule has 0 saturated heterocycles. The summed E-state index contributed by atoms with van der Waals surface area (Å²) >= 11 is 0. The van der Waals surface area contributed by atoms with Gasteiger partial charge in [0.1, 0.15) is 5.82 Å². The maximum Gasteiger partial charge on any atom is 0.123 e. The minimum absolute atomic E-state index is 0.171. The van der Waals surface area contributed by atoms with Crippen LogP contribution in [-0.2, 0) is 6.42 Å². The van der Waals surface area contributed by atoms with Crippen LogP contribution in [0.15, 0.2) is 48.5 Å². The van der Waals surface area contributed by atoms with Gasteiger partial charge < -0.3 is 11.1 Å². The van der Waals surface area contributed by atoms with Crippen molar-refractivity contribution in [2.75, 3.05) is 11.9 Å². The van der Waals surface area contributed by atoms with E-state index in [1.807, 2.05) is 12.1 Å². The summed E-state index contributed by atoms with van der Waals surface area (Å²) < 4.78 is 13.4. The summed E-state index contributed by atoms with van der Waals surface area (Å²) in [6.07, 6.45) is 1.80. The molecule has 0 aromatic heterocycles. The van der Waals surface area contributed by atoms with E-state index in [-0.39, 0.29) is 11.9 Å². The van der Waals surface area contributed by atoms with E-state index in [2.05, 4.69) is 29.6 Å². The molecule has 2 aromatic carbocycles. The van der Waals surface area contributed by atoms with E-state index in [4.69, 9.17) is 5.73 Å². The van der Waals surface area contributed by atoms with Gasteiger partial charge in [0.2, 0.25) is 0 Å². The van der Waals surface area contributed by atoms with Crippen LogP contribution in [0.5, 0.6) is 0 Å². The molecule has 0 radical (unpaired) electrons. The molecular formula is C17H19FN2. The quantitative estimate of drug-likeness (QED) is 0.896. The van der Waals surface area contributed by atoms with Crippen LogP contribution in [0.3, 0.4) is 0 Å². The van der Waals surface area contributed by atoms with Crippen molar-refractivity contribution in [2.24, 2.45) is 11.7 Å². The number of nitrogens with two attached hydrogens (primary N) is 1. The van der Waals surface area contributed by atoms with E-state index in [9.17, 15) is 4.39 Å². The second kappa shape index (κ2) is 5.63. The smallest absolute Gasteiger partial charge is 0.123 e. The summed E-state index contributed by atoms with van der Waals surface area (Å²) in [4.78, 5) is 0. The molecule has 0 unspecified atom stereocenters. The molecule has 2 nitrogen and oxygen atoms in total. The van der Waals surface area contributed by atoms with Gasteiger partial charge in [-0.15, -0.1) is 0 Å². The first-order valence-corrected chi connectivity index (χ1v) is 7.08. The Morgan fingerprint density at radius 2 is 1.95 bits per heavy atom. The Morgan fingerprint density at radius 1 is 1.15 bits per heavy atom. The van der Waals surface area contributed by atoms with Gasteiger partial charge in [-0.3, -0.25) is 0 Å². The van der Waals surface area contributed by atoms with Gasteiger partial charge in [0.25, 0.3) is 0 Å². The van der Waals surface area contributed by atoms with E-state index in [0.717, 1.165) is 24.1 Å². The average Bonchev–Trinajstić information content (AvgIpc) is 2.48. The molecule has 2 atom stereocenters. The number of nitrogens with one attached hydrogen (secondary N) is 1. The molecule has 1 aliphatic rings. The Morgan fingerprint density at radius 3 is 2.70 bits per heavy atom. The number of halogens is 1. The van der Waals surface area contributed by atoms with E-state index >= 15 is 0 Å². The Hall–Kier alpha value is -1.87. The van der Waals surface area contributed by atoms with Crippen molar-refractivity contribution in [1.29, 1.82) is 0 Å². The summed E-state index contributed by atoms with van der Waals surface area (Å²) in [5.74, 6) is 0.229. The topological polar surface area (TPSA) is 38.0 Å². The number of benzene rings is 2. The maximum atomic E-state index is 13.4. The molecule has 20 heavy (non-hydrogen) atoms. The van der Waals surface area contributed by atoms with Crippen LogP contribution in [-0.4, -0.2) is 6.54 Å². The predicted molar refractivity (Wildman–Crippen MR) is 80.1 cm³/mol. The van der Waals surface area contributed by atoms with Crippen molar-refractivity contribution in [2.45, 2.75) is 18.9 Å². The summed E-state index contributed by atoms with van der Waals surface area (Å²) in [7, 11) is 0. The Labute approximate surface area is 118 Å². The molecule has 0 spiro atoms. The third-order valence-corrected chi connectivity index (χ3v) is 4.03. The van der Waals surface area contributed by atoms with Crippen molar-refractivity contribution in [1.82, 2.24) is 0 Å². The van der Waals surface area contributed by atoms with Gasteiger partial charge in [-0.1, -0.05) is 30.3 Å². The van der Waals surface area contributed by atoms with Gasteiger partial charge in [0, 0.05) is 5.69 Å². The van der Waals surface area contributed by atoms with Crippen LogP contribution < -0.4 is 11.1 Å². The highest BCUT2D eigenvalue weighted by Gasteiger charge is 2.28. The zero-order valence-electron chi connectivity index (χ0n) is 11.4. The van der Waals surface area contributed by atoms with Gasteiger partial charge in [-0.2, -0.15) is 0 Å². The number of hydrogen-bond donors (Lipinski definition) is 2. The van der Waals surface area contributed by atoms with Crippen molar-refractivity contribution in [3.8, 4) is 0 Å². The zero-order valence-corrected chi connectivity index (χ0v) is 11.4. The zero-order chi connectivity index (χ0) is 13.9.